The van der Waals surface area contributed by atoms with Gasteiger partial charge in [-0.2, -0.15) is 0 Å². The molecular formula is C16H18FN3O2S. The quantitative estimate of drug-likeness (QED) is 0.881. The monoisotopic (exact) mass is 335 g/mol. The van der Waals surface area contributed by atoms with E-state index in [1.54, 1.807) is 29.7 Å². The molecule has 1 N–H and O–H groups in total. The van der Waals surface area contributed by atoms with Crippen LogP contribution in [0.2, 0.25) is 0 Å². The number of hydrogen-bond acceptors (Lipinski definition) is 6. The molecule has 0 spiro atoms. The SMILES string of the molecule is COc1ccc(C2=NOC(CNC(C)c3nccs3)C2)cc1F. The second kappa shape index (κ2) is 7.06. The first-order chi connectivity index (χ1) is 11.2. The van der Waals surface area contributed by atoms with Crippen LogP contribution in [0.15, 0.2) is 34.9 Å². The zero-order chi connectivity index (χ0) is 16.2. The molecule has 5 nitrogen and oxygen atoms in total. The lowest BCUT2D eigenvalue weighted by Gasteiger charge is -2.14. The minimum Gasteiger partial charge on any atom is -0.494 e. The van der Waals surface area contributed by atoms with Crippen molar-refractivity contribution in [3.63, 3.8) is 0 Å². The van der Waals surface area contributed by atoms with Crippen LogP contribution in [0.25, 0.3) is 0 Å². The average molecular weight is 335 g/mol. The highest BCUT2D eigenvalue weighted by Crippen LogP contribution is 2.22. The van der Waals surface area contributed by atoms with Gasteiger partial charge in [0.15, 0.2) is 11.6 Å². The summed E-state index contributed by atoms with van der Waals surface area (Å²) in [5.74, 6) is -0.171. The van der Waals surface area contributed by atoms with Gasteiger partial charge in [-0.3, -0.25) is 0 Å². The van der Waals surface area contributed by atoms with Gasteiger partial charge in [0.25, 0.3) is 0 Å². The average Bonchev–Trinajstić information content (AvgIpc) is 3.24. The van der Waals surface area contributed by atoms with Crippen LogP contribution in [0.4, 0.5) is 4.39 Å². The smallest absolute Gasteiger partial charge is 0.165 e. The predicted octanol–water partition coefficient (Wildman–Crippen LogP) is 3.13. The summed E-state index contributed by atoms with van der Waals surface area (Å²) in [6.45, 7) is 2.72. The molecule has 0 radical (unpaired) electrons. The van der Waals surface area contributed by atoms with Crippen LogP contribution >= 0.6 is 11.3 Å². The number of aromatic nitrogens is 1. The van der Waals surface area contributed by atoms with Crippen LogP contribution in [-0.4, -0.2) is 30.5 Å². The maximum Gasteiger partial charge on any atom is 0.165 e. The van der Waals surface area contributed by atoms with Crippen LogP contribution in [-0.2, 0) is 4.84 Å². The lowest BCUT2D eigenvalue weighted by Crippen LogP contribution is -2.29. The van der Waals surface area contributed by atoms with E-state index in [0.29, 0.717) is 13.0 Å². The number of hydrogen-bond donors (Lipinski definition) is 1. The van der Waals surface area contributed by atoms with Crippen molar-refractivity contribution in [2.45, 2.75) is 25.5 Å². The summed E-state index contributed by atoms with van der Waals surface area (Å²) in [5.41, 5.74) is 1.47. The van der Waals surface area contributed by atoms with Crippen molar-refractivity contribution in [1.29, 1.82) is 0 Å². The molecule has 1 aromatic heterocycles. The molecule has 0 amide bonds. The molecule has 0 fully saturated rings. The van der Waals surface area contributed by atoms with Crippen LogP contribution in [0.5, 0.6) is 5.75 Å². The van der Waals surface area contributed by atoms with E-state index >= 15 is 0 Å². The molecule has 1 aliphatic heterocycles. The molecule has 1 aliphatic rings. The Bertz CT molecular complexity index is 691. The van der Waals surface area contributed by atoms with Crippen molar-refractivity contribution >= 4 is 17.0 Å². The third-order valence-corrected chi connectivity index (χ3v) is 4.65. The highest BCUT2D eigenvalue weighted by Gasteiger charge is 2.23. The summed E-state index contributed by atoms with van der Waals surface area (Å²) in [6.07, 6.45) is 2.38. The van der Waals surface area contributed by atoms with Gasteiger partial charge in [0, 0.05) is 30.1 Å². The zero-order valence-corrected chi connectivity index (χ0v) is 13.8. The molecule has 1 aromatic carbocycles. The first kappa shape index (κ1) is 15.9. The minimum atomic E-state index is -0.397. The first-order valence-corrected chi connectivity index (χ1v) is 8.24. The van der Waals surface area contributed by atoms with E-state index in [-0.39, 0.29) is 17.9 Å². The van der Waals surface area contributed by atoms with E-state index in [2.05, 4.69) is 22.4 Å². The van der Waals surface area contributed by atoms with E-state index < -0.39 is 5.82 Å². The third kappa shape index (κ3) is 3.68. The number of nitrogens with zero attached hydrogens (tertiary/aromatic N) is 2. The molecule has 122 valence electrons. The minimum absolute atomic E-state index is 0.0578. The predicted molar refractivity (Wildman–Crippen MR) is 87.5 cm³/mol. The summed E-state index contributed by atoms with van der Waals surface area (Å²) in [7, 11) is 1.44. The number of benzene rings is 1. The van der Waals surface area contributed by atoms with Crippen molar-refractivity contribution in [3.05, 3.63) is 46.2 Å². The topological polar surface area (TPSA) is 55.7 Å². The normalized spacial score (nSPS) is 18.4. The summed E-state index contributed by atoms with van der Waals surface area (Å²) in [4.78, 5) is 9.72. The van der Waals surface area contributed by atoms with Crippen LogP contribution < -0.4 is 10.1 Å². The number of thiazole rings is 1. The standard InChI is InChI=1S/C16H18FN3O2S/c1-10(16-18-5-6-23-16)19-9-12-8-14(20-22-12)11-3-4-15(21-2)13(17)7-11/h3-7,10,12,19H,8-9H2,1-2H3. The molecule has 0 aliphatic carbocycles. The number of nitrogens with one attached hydrogen (secondary N) is 1. The molecule has 0 saturated heterocycles. The van der Waals surface area contributed by atoms with E-state index in [1.807, 2.05) is 5.38 Å². The number of oxime groups is 1. The fraction of sp³-hybridized carbons (Fsp3) is 0.375. The number of methoxy groups -OCH3 is 1. The largest absolute Gasteiger partial charge is 0.494 e. The Kier molecular flexibility index (Phi) is 4.88. The molecule has 2 aromatic rings. The van der Waals surface area contributed by atoms with Gasteiger partial charge in [-0.25, -0.2) is 9.37 Å². The molecule has 23 heavy (non-hydrogen) atoms. The summed E-state index contributed by atoms with van der Waals surface area (Å²) in [6, 6.07) is 4.98. The Morgan fingerprint density at radius 1 is 1.52 bits per heavy atom. The van der Waals surface area contributed by atoms with E-state index in [1.165, 1.54) is 13.2 Å². The second-order valence-corrected chi connectivity index (χ2v) is 6.25. The Morgan fingerprint density at radius 2 is 2.39 bits per heavy atom. The van der Waals surface area contributed by atoms with Crippen molar-refractivity contribution < 1.29 is 14.0 Å². The second-order valence-electron chi connectivity index (χ2n) is 5.32. The van der Waals surface area contributed by atoms with Gasteiger partial charge >= 0.3 is 0 Å². The van der Waals surface area contributed by atoms with Gasteiger partial charge < -0.3 is 14.9 Å². The fourth-order valence-corrected chi connectivity index (χ4v) is 3.07. The van der Waals surface area contributed by atoms with Gasteiger partial charge in [-0.1, -0.05) is 5.16 Å². The highest BCUT2D eigenvalue weighted by molar-refractivity contribution is 7.09. The van der Waals surface area contributed by atoms with Gasteiger partial charge in [-0.05, 0) is 25.1 Å². The van der Waals surface area contributed by atoms with Gasteiger partial charge in [0.1, 0.15) is 11.1 Å². The van der Waals surface area contributed by atoms with Crippen LogP contribution in [0.3, 0.4) is 0 Å². The lowest BCUT2D eigenvalue weighted by atomic mass is 10.0. The van der Waals surface area contributed by atoms with E-state index in [4.69, 9.17) is 9.57 Å². The molecular weight excluding hydrogens is 317 g/mol. The Morgan fingerprint density at radius 3 is 3.09 bits per heavy atom. The van der Waals surface area contributed by atoms with Gasteiger partial charge in [-0.15, -0.1) is 11.3 Å². The Balaban J connectivity index is 1.55. The molecule has 0 bridgehead atoms. The summed E-state index contributed by atoms with van der Waals surface area (Å²) < 4.78 is 18.7. The Hall–Kier alpha value is -1.99. The van der Waals surface area contributed by atoms with E-state index in [0.717, 1.165) is 16.3 Å². The Labute approximate surface area is 138 Å². The summed E-state index contributed by atoms with van der Waals surface area (Å²) in [5, 5.41) is 10.5. The highest BCUT2D eigenvalue weighted by atomic mass is 32.1. The lowest BCUT2D eigenvalue weighted by molar-refractivity contribution is 0.0831. The van der Waals surface area contributed by atoms with Crippen molar-refractivity contribution in [1.82, 2.24) is 10.3 Å². The molecule has 0 saturated carbocycles. The van der Waals surface area contributed by atoms with Gasteiger partial charge in [0.2, 0.25) is 0 Å². The van der Waals surface area contributed by atoms with Crippen LogP contribution in [0.1, 0.15) is 30.0 Å². The molecule has 2 unspecified atom stereocenters. The van der Waals surface area contributed by atoms with Crippen molar-refractivity contribution in [3.8, 4) is 5.75 Å². The zero-order valence-electron chi connectivity index (χ0n) is 13.0. The van der Waals surface area contributed by atoms with E-state index in [9.17, 15) is 4.39 Å². The maximum absolute atomic E-state index is 13.8. The van der Waals surface area contributed by atoms with Crippen molar-refractivity contribution in [2.24, 2.45) is 5.16 Å². The number of halogens is 1. The first-order valence-electron chi connectivity index (χ1n) is 7.36. The third-order valence-electron chi connectivity index (χ3n) is 3.69. The number of rotatable bonds is 6. The van der Waals surface area contributed by atoms with Gasteiger partial charge in [0.05, 0.1) is 18.9 Å². The summed E-state index contributed by atoms with van der Waals surface area (Å²) >= 11 is 1.62. The fourth-order valence-electron chi connectivity index (χ4n) is 2.40. The molecule has 7 heteroatoms. The number of ether oxygens (including phenoxy) is 1. The molecule has 3 rings (SSSR count). The van der Waals surface area contributed by atoms with Crippen molar-refractivity contribution in [2.75, 3.05) is 13.7 Å². The molecule has 2 atom stereocenters. The maximum atomic E-state index is 13.8. The van der Waals surface area contributed by atoms with Crippen LogP contribution in [0, 0.1) is 5.82 Å². The molecule has 2 heterocycles.